The Hall–Kier alpha value is -2.66. The van der Waals surface area contributed by atoms with E-state index in [0.717, 1.165) is 6.42 Å². The number of carbonyl (C=O) groups excluding carboxylic acids is 2. The number of anilines is 2. The molecule has 2 aromatic rings. The lowest BCUT2D eigenvalue weighted by atomic mass is 9.91. The molecule has 30 heavy (non-hydrogen) atoms. The summed E-state index contributed by atoms with van der Waals surface area (Å²) in [6.07, 6.45) is 1.12. The summed E-state index contributed by atoms with van der Waals surface area (Å²) in [7, 11) is 0. The van der Waals surface area contributed by atoms with Gasteiger partial charge in [0.25, 0.3) is 0 Å². The molecule has 2 amide bonds. The van der Waals surface area contributed by atoms with Gasteiger partial charge in [-0.2, -0.15) is 0 Å². The van der Waals surface area contributed by atoms with E-state index in [0.29, 0.717) is 23.2 Å². The zero-order valence-corrected chi connectivity index (χ0v) is 19.0. The third-order valence-electron chi connectivity index (χ3n) is 5.44. The first-order valence-electron chi connectivity index (χ1n) is 10.8. The van der Waals surface area contributed by atoms with Crippen LogP contribution in [0.1, 0.15) is 71.0 Å². The molecule has 5 heteroatoms. The molecule has 0 saturated carbocycles. The summed E-state index contributed by atoms with van der Waals surface area (Å²) in [4.78, 5) is 23.8. The van der Waals surface area contributed by atoms with Crippen LogP contribution in [0.5, 0.6) is 0 Å². The molecule has 5 nitrogen and oxygen atoms in total. The molecule has 2 aromatic carbocycles. The van der Waals surface area contributed by atoms with Crippen molar-refractivity contribution in [1.82, 2.24) is 5.32 Å². The van der Waals surface area contributed by atoms with Gasteiger partial charge in [0.05, 0.1) is 6.04 Å². The van der Waals surface area contributed by atoms with Gasteiger partial charge >= 0.3 is 0 Å². The van der Waals surface area contributed by atoms with Gasteiger partial charge in [0.2, 0.25) is 11.8 Å². The van der Waals surface area contributed by atoms with Gasteiger partial charge in [-0.3, -0.25) is 14.9 Å². The summed E-state index contributed by atoms with van der Waals surface area (Å²) in [5.74, 6) is 0.670. The second-order valence-corrected chi connectivity index (χ2v) is 8.33. The number of carbonyl (C=O) groups is 2. The first-order valence-corrected chi connectivity index (χ1v) is 10.8. The Kier molecular flexibility index (Phi) is 8.60. The summed E-state index contributed by atoms with van der Waals surface area (Å²) in [5, 5.41) is 9.13. The number of benzene rings is 2. The molecule has 0 bridgehead atoms. The van der Waals surface area contributed by atoms with Crippen molar-refractivity contribution in [2.45, 2.75) is 66.0 Å². The molecule has 3 N–H and O–H groups in total. The average Bonchev–Trinajstić information content (AvgIpc) is 2.72. The molecule has 162 valence electrons. The average molecular weight is 410 g/mol. The van der Waals surface area contributed by atoms with Crippen LogP contribution >= 0.6 is 0 Å². The molecule has 0 aliphatic heterocycles. The maximum atomic E-state index is 12.7. The summed E-state index contributed by atoms with van der Waals surface area (Å²) in [5.41, 5.74) is 3.93. The zero-order valence-electron chi connectivity index (χ0n) is 19.0. The van der Waals surface area contributed by atoms with Crippen LogP contribution in [-0.4, -0.2) is 17.9 Å². The van der Waals surface area contributed by atoms with Crippen LogP contribution in [0.3, 0.4) is 0 Å². The minimum atomic E-state index is -0.360. The molecule has 3 atom stereocenters. The van der Waals surface area contributed by atoms with Crippen molar-refractivity contribution < 1.29 is 9.59 Å². The molecule has 0 saturated heterocycles. The highest BCUT2D eigenvalue weighted by Crippen LogP contribution is 2.26. The van der Waals surface area contributed by atoms with Gasteiger partial charge in [0.15, 0.2) is 0 Å². The van der Waals surface area contributed by atoms with Crippen molar-refractivity contribution in [3.8, 4) is 0 Å². The Morgan fingerprint density at radius 1 is 0.800 bits per heavy atom. The highest BCUT2D eigenvalue weighted by atomic mass is 16.2. The van der Waals surface area contributed by atoms with Crippen molar-refractivity contribution in [2.24, 2.45) is 5.92 Å². The summed E-state index contributed by atoms with van der Waals surface area (Å²) in [6.45, 7) is 12.1. The first kappa shape index (κ1) is 23.6. The van der Waals surface area contributed by atoms with Crippen LogP contribution in [-0.2, 0) is 9.59 Å². The molecule has 0 aromatic heterocycles. The van der Waals surface area contributed by atoms with E-state index < -0.39 is 0 Å². The Morgan fingerprint density at radius 2 is 1.30 bits per heavy atom. The van der Waals surface area contributed by atoms with Crippen molar-refractivity contribution in [3.05, 3.63) is 59.7 Å². The minimum absolute atomic E-state index is 0.0823. The van der Waals surface area contributed by atoms with Gasteiger partial charge in [0, 0.05) is 24.3 Å². The number of hydrogen-bond donors (Lipinski definition) is 3. The maximum absolute atomic E-state index is 12.7. The Labute approximate surface area is 180 Å². The van der Waals surface area contributed by atoms with Gasteiger partial charge in [-0.1, -0.05) is 52.0 Å². The van der Waals surface area contributed by atoms with Crippen molar-refractivity contribution in [2.75, 3.05) is 10.6 Å². The van der Waals surface area contributed by atoms with Gasteiger partial charge in [0.1, 0.15) is 0 Å². The fourth-order valence-electron chi connectivity index (χ4n) is 3.38. The van der Waals surface area contributed by atoms with E-state index in [1.54, 1.807) is 24.3 Å². The number of rotatable bonds is 9. The van der Waals surface area contributed by atoms with Crippen molar-refractivity contribution >= 4 is 23.2 Å². The number of nitrogens with one attached hydrogen (secondary N) is 3. The second-order valence-electron chi connectivity index (χ2n) is 8.33. The molecule has 0 spiro atoms. The predicted octanol–water partition coefficient (Wildman–Crippen LogP) is 5.47. The van der Waals surface area contributed by atoms with E-state index in [1.807, 2.05) is 6.92 Å². The minimum Gasteiger partial charge on any atom is -0.326 e. The molecule has 0 aliphatic carbocycles. The smallest absolute Gasteiger partial charge is 0.241 e. The van der Waals surface area contributed by atoms with E-state index in [2.05, 4.69) is 67.9 Å². The Balaban J connectivity index is 2.02. The molecular weight excluding hydrogens is 374 g/mol. The number of amides is 2. The third kappa shape index (κ3) is 6.70. The van der Waals surface area contributed by atoms with Gasteiger partial charge < -0.3 is 10.6 Å². The van der Waals surface area contributed by atoms with Crippen molar-refractivity contribution in [3.63, 3.8) is 0 Å². The molecule has 2 rings (SSSR count). The second kappa shape index (κ2) is 10.9. The van der Waals surface area contributed by atoms with Crippen LogP contribution < -0.4 is 16.0 Å². The van der Waals surface area contributed by atoms with E-state index in [-0.39, 0.29) is 23.9 Å². The lowest BCUT2D eigenvalue weighted by Crippen LogP contribution is -2.41. The van der Waals surface area contributed by atoms with Crippen molar-refractivity contribution in [1.29, 1.82) is 0 Å². The largest absolute Gasteiger partial charge is 0.326 e. The molecule has 0 aliphatic rings. The van der Waals surface area contributed by atoms with Gasteiger partial charge in [-0.05, 0) is 60.6 Å². The molecule has 0 unspecified atom stereocenters. The highest BCUT2D eigenvalue weighted by Gasteiger charge is 2.22. The van der Waals surface area contributed by atoms with Crippen LogP contribution in [0.2, 0.25) is 0 Å². The molecular formula is C25H35N3O2. The van der Waals surface area contributed by atoms with E-state index in [9.17, 15) is 9.59 Å². The third-order valence-corrected chi connectivity index (χ3v) is 5.44. The van der Waals surface area contributed by atoms with E-state index in [4.69, 9.17) is 0 Å². The van der Waals surface area contributed by atoms with Crippen LogP contribution in [0.15, 0.2) is 48.5 Å². The molecule has 0 heterocycles. The summed E-state index contributed by atoms with van der Waals surface area (Å²) >= 11 is 0. The zero-order chi connectivity index (χ0) is 22.3. The monoisotopic (exact) mass is 409 g/mol. The maximum Gasteiger partial charge on any atom is 0.241 e. The first-order chi connectivity index (χ1) is 14.2. The highest BCUT2D eigenvalue weighted by molar-refractivity contribution is 5.95. The SMILES string of the molecule is CC[C@H](C)c1ccc([C@H](N[C@@H](C)C(=O)Nc2ccc(NC(C)=O)cc2)C(C)C)cc1. The summed E-state index contributed by atoms with van der Waals surface area (Å²) in [6, 6.07) is 15.6. The topological polar surface area (TPSA) is 70.2 Å². The lowest BCUT2D eigenvalue weighted by Gasteiger charge is -2.27. The van der Waals surface area contributed by atoms with E-state index >= 15 is 0 Å². The van der Waals surface area contributed by atoms with Gasteiger partial charge in [-0.15, -0.1) is 0 Å². The fourth-order valence-corrected chi connectivity index (χ4v) is 3.38. The summed E-state index contributed by atoms with van der Waals surface area (Å²) < 4.78 is 0. The Morgan fingerprint density at radius 3 is 1.77 bits per heavy atom. The molecule has 0 fully saturated rings. The van der Waals surface area contributed by atoms with Crippen LogP contribution in [0, 0.1) is 5.92 Å². The predicted molar refractivity (Wildman–Crippen MR) is 125 cm³/mol. The van der Waals surface area contributed by atoms with Crippen LogP contribution in [0.25, 0.3) is 0 Å². The quantitative estimate of drug-likeness (QED) is 0.514. The Bertz CT molecular complexity index is 828. The molecule has 0 radical (unpaired) electrons. The number of hydrogen-bond acceptors (Lipinski definition) is 3. The van der Waals surface area contributed by atoms with Crippen LogP contribution in [0.4, 0.5) is 11.4 Å². The lowest BCUT2D eigenvalue weighted by molar-refractivity contribution is -0.118. The standard InChI is InChI=1S/C25H35N3O2/c1-7-17(4)20-8-10-21(11-9-20)24(16(2)3)26-18(5)25(30)28-23-14-12-22(13-15-23)27-19(6)29/h8-18,24,26H,7H2,1-6H3,(H,27,29)(H,28,30)/t17-,18-,24+/m0/s1. The van der Waals surface area contributed by atoms with E-state index in [1.165, 1.54) is 18.1 Å². The van der Waals surface area contributed by atoms with Gasteiger partial charge in [-0.25, -0.2) is 0 Å². The normalized spacial score (nSPS) is 14.1. The fraction of sp³-hybridized carbons (Fsp3) is 0.440.